The Bertz CT molecular complexity index is 406. The lowest BCUT2D eigenvalue weighted by molar-refractivity contribution is -0.144. The van der Waals surface area contributed by atoms with Crippen molar-refractivity contribution in [1.29, 1.82) is 0 Å². The summed E-state index contributed by atoms with van der Waals surface area (Å²) in [6.45, 7) is 4.48. The second-order valence-electron chi connectivity index (χ2n) is 3.27. The Morgan fingerprint density at radius 2 is 2.11 bits per heavy atom. The van der Waals surface area contributed by atoms with Crippen molar-refractivity contribution in [2.75, 3.05) is 18.5 Å². The van der Waals surface area contributed by atoms with Gasteiger partial charge in [0.2, 0.25) is 5.91 Å². The second kappa shape index (κ2) is 7.65. The number of hydrogen-bond acceptors (Lipinski definition) is 6. The largest absolute Gasteiger partial charge is 0.483 e. The predicted molar refractivity (Wildman–Crippen MR) is 67.8 cm³/mol. The average Bonchev–Trinajstić information content (AvgIpc) is 2.75. The van der Waals surface area contributed by atoms with Crippen LogP contribution in [0.25, 0.3) is 0 Å². The van der Waals surface area contributed by atoms with Gasteiger partial charge in [-0.05, 0) is 13.8 Å². The van der Waals surface area contributed by atoms with E-state index in [0.29, 0.717) is 23.4 Å². The molecule has 7 heteroatoms. The zero-order valence-corrected chi connectivity index (χ0v) is 11.2. The van der Waals surface area contributed by atoms with E-state index in [0.717, 1.165) is 0 Å². The van der Waals surface area contributed by atoms with Gasteiger partial charge in [0, 0.05) is 6.42 Å². The molecule has 0 bridgehead atoms. The van der Waals surface area contributed by atoms with Crippen molar-refractivity contribution in [2.45, 2.75) is 26.7 Å². The molecule has 1 aromatic rings. The van der Waals surface area contributed by atoms with E-state index in [4.69, 9.17) is 9.47 Å². The first-order chi connectivity index (χ1) is 8.65. The number of thiazole rings is 1. The van der Waals surface area contributed by atoms with E-state index >= 15 is 0 Å². The number of nitrogens with zero attached hydrogens (tertiary/aromatic N) is 1. The zero-order chi connectivity index (χ0) is 13.4. The molecular weight excluding hydrogens is 256 g/mol. The van der Waals surface area contributed by atoms with Gasteiger partial charge in [-0.3, -0.25) is 9.59 Å². The van der Waals surface area contributed by atoms with Gasteiger partial charge in [-0.2, -0.15) is 0 Å². The normalized spacial score (nSPS) is 9.89. The Kier molecular flexibility index (Phi) is 6.13. The van der Waals surface area contributed by atoms with E-state index in [1.807, 2.05) is 6.92 Å². The molecule has 18 heavy (non-hydrogen) atoms. The van der Waals surface area contributed by atoms with Gasteiger partial charge in [0.25, 0.3) is 0 Å². The third-order valence-corrected chi connectivity index (χ3v) is 2.70. The van der Waals surface area contributed by atoms with Crippen LogP contribution in [0.3, 0.4) is 0 Å². The minimum absolute atomic E-state index is 0.0728. The number of amides is 1. The maximum atomic E-state index is 11.5. The van der Waals surface area contributed by atoms with Crippen LogP contribution in [0.5, 0.6) is 5.06 Å². The Morgan fingerprint density at radius 3 is 2.78 bits per heavy atom. The van der Waals surface area contributed by atoms with E-state index in [1.165, 1.54) is 11.3 Å². The first-order valence-electron chi connectivity index (χ1n) is 5.69. The summed E-state index contributed by atoms with van der Waals surface area (Å²) in [5, 5.41) is 3.72. The van der Waals surface area contributed by atoms with E-state index in [-0.39, 0.29) is 24.7 Å². The lowest BCUT2D eigenvalue weighted by atomic mass is 10.3. The number of carbonyl (C=O) groups is 2. The molecule has 0 radical (unpaired) electrons. The molecule has 0 fully saturated rings. The fourth-order valence-corrected chi connectivity index (χ4v) is 1.90. The minimum atomic E-state index is -0.373. The molecule has 0 aliphatic carbocycles. The lowest BCUT2D eigenvalue weighted by Crippen LogP contribution is -2.14. The average molecular weight is 272 g/mol. The first-order valence-corrected chi connectivity index (χ1v) is 6.51. The zero-order valence-electron chi connectivity index (χ0n) is 10.4. The number of esters is 1. The van der Waals surface area contributed by atoms with Crippen molar-refractivity contribution in [1.82, 2.24) is 4.98 Å². The number of ether oxygens (including phenoxy) is 2. The summed E-state index contributed by atoms with van der Waals surface area (Å²) in [6.07, 6.45) is 1.71. The van der Waals surface area contributed by atoms with Gasteiger partial charge >= 0.3 is 5.97 Å². The molecule has 0 aliphatic rings. The number of anilines is 1. The van der Waals surface area contributed by atoms with Crippen molar-refractivity contribution >= 4 is 28.3 Å². The van der Waals surface area contributed by atoms with Gasteiger partial charge in [-0.25, -0.2) is 4.98 Å². The van der Waals surface area contributed by atoms with Crippen molar-refractivity contribution < 1.29 is 19.1 Å². The highest BCUT2D eigenvalue weighted by atomic mass is 32.1. The molecule has 0 aliphatic heterocycles. The van der Waals surface area contributed by atoms with Gasteiger partial charge in [0.1, 0.15) is 0 Å². The number of hydrogen-bond donors (Lipinski definition) is 1. The molecular formula is C11H16N2O4S. The molecule has 0 aromatic carbocycles. The summed E-state index contributed by atoms with van der Waals surface area (Å²) in [5.41, 5.74) is 0. The molecule has 1 amide bonds. The number of rotatable bonds is 7. The summed E-state index contributed by atoms with van der Waals surface area (Å²) in [5.74, 6) is -0.637. The molecule has 1 aromatic heterocycles. The van der Waals surface area contributed by atoms with Crippen LogP contribution in [0, 0.1) is 0 Å². The summed E-state index contributed by atoms with van der Waals surface area (Å²) >= 11 is 1.25. The highest BCUT2D eigenvalue weighted by molar-refractivity contribution is 7.17. The highest BCUT2D eigenvalue weighted by Gasteiger charge is 2.10. The quantitative estimate of drug-likeness (QED) is 0.766. The van der Waals surface area contributed by atoms with Crippen LogP contribution in [-0.2, 0) is 14.3 Å². The Labute approximate surface area is 109 Å². The second-order valence-corrected chi connectivity index (χ2v) is 4.26. The Balaban J connectivity index is 2.32. The molecule has 1 N–H and O–H groups in total. The SMILES string of the molecule is CCOC(=O)CCC(=O)Nc1ncc(OCC)s1. The fraction of sp³-hybridized carbons (Fsp3) is 0.545. The Morgan fingerprint density at radius 1 is 1.33 bits per heavy atom. The maximum absolute atomic E-state index is 11.5. The van der Waals surface area contributed by atoms with Crippen molar-refractivity contribution in [3.05, 3.63) is 6.20 Å². The van der Waals surface area contributed by atoms with Crippen molar-refractivity contribution in [3.8, 4) is 5.06 Å². The minimum Gasteiger partial charge on any atom is -0.483 e. The third kappa shape index (κ3) is 5.13. The van der Waals surface area contributed by atoms with Gasteiger partial charge in [0.05, 0.1) is 25.8 Å². The standard InChI is InChI=1S/C11H16N2O4S/c1-3-16-9(15)6-5-8(14)13-11-12-7-10(18-11)17-4-2/h7H,3-6H2,1-2H3,(H,12,13,14). The van der Waals surface area contributed by atoms with Gasteiger partial charge < -0.3 is 14.8 Å². The van der Waals surface area contributed by atoms with Crippen LogP contribution in [0.2, 0.25) is 0 Å². The molecule has 1 heterocycles. The van der Waals surface area contributed by atoms with Crippen molar-refractivity contribution in [3.63, 3.8) is 0 Å². The number of nitrogens with one attached hydrogen (secondary N) is 1. The summed E-state index contributed by atoms with van der Waals surface area (Å²) < 4.78 is 9.96. The van der Waals surface area contributed by atoms with Gasteiger partial charge in [-0.1, -0.05) is 11.3 Å². The topological polar surface area (TPSA) is 77.5 Å². The van der Waals surface area contributed by atoms with E-state index in [2.05, 4.69) is 10.3 Å². The summed E-state index contributed by atoms with van der Waals surface area (Å²) in [7, 11) is 0. The van der Waals surface area contributed by atoms with E-state index < -0.39 is 0 Å². The van der Waals surface area contributed by atoms with Crippen LogP contribution in [0.1, 0.15) is 26.7 Å². The molecule has 0 unspecified atom stereocenters. The van der Waals surface area contributed by atoms with Crippen LogP contribution in [0.15, 0.2) is 6.20 Å². The molecule has 0 spiro atoms. The molecule has 0 saturated heterocycles. The number of carbonyl (C=O) groups excluding carboxylic acids is 2. The van der Waals surface area contributed by atoms with Crippen LogP contribution in [-0.4, -0.2) is 30.1 Å². The van der Waals surface area contributed by atoms with E-state index in [1.54, 1.807) is 13.1 Å². The van der Waals surface area contributed by atoms with Crippen LogP contribution >= 0.6 is 11.3 Å². The number of aromatic nitrogens is 1. The van der Waals surface area contributed by atoms with Gasteiger partial charge in [-0.15, -0.1) is 0 Å². The summed E-state index contributed by atoms with van der Waals surface area (Å²) in [6, 6.07) is 0. The summed E-state index contributed by atoms with van der Waals surface area (Å²) in [4.78, 5) is 26.5. The fourth-order valence-electron chi connectivity index (χ4n) is 1.16. The molecule has 6 nitrogen and oxygen atoms in total. The van der Waals surface area contributed by atoms with Crippen LogP contribution < -0.4 is 10.1 Å². The smallest absolute Gasteiger partial charge is 0.306 e. The lowest BCUT2D eigenvalue weighted by Gasteiger charge is -2.02. The van der Waals surface area contributed by atoms with Crippen LogP contribution in [0.4, 0.5) is 5.13 Å². The predicted octanol–water partition coefficient (Wildman–Crippen LogP) is 1.82. The highest BCUT2D eigenvalue weighted by Crippen LogP contribution is 2.25. The molecule has 0 atom stereocenters. The molecule has 0 saturated carbocycles. The third-order valence-electron chi connectivity index (χ3n) is 1.88. The Hall–Kier alpha value is -1.63. The van der Waals surface area contributed by atoms with E-state index in [9.17, 15) is 9.59 Å². The van der Waals surface area contributed by atoms with Crippen molar-refractivity contribution in [2.24, 2.45) is 0 Å². The molecule has 1 rings (SSSR count). The maximum Gasteiger partial charge on any atom is 0.306 e. The van der Waals surface area contributed by atoms with Gasteiger partial charge in [0.15, 0.2) is 10.2 Å². The first kappa shape index (κ1) is 14.4. The molecule has 100 valence electrons. The monoisotopic (exact) mass is 272 g/mol.